The molecule has 0 aliphatic carbocycles. The molecule has 1 saturated heterocycles. The summed E-state index contributed by atoms with van der Waals surface area (Å²) in [6, 6.07) is 6.44. The van der Waals surface area contributed by atoms with Crippen molar-refractivity contribution in [2.75, 3.05) is 18.0 Å². The van der Waals surface area contributed by atoms with Gasteiger partial charge in [-0.2, -0.15) is 0 Å². The highest BCUT2D eigenvalue weighted by atomic mass is 79.9. The molecule has 1 aliphatic heterocycles. The van der Waals surface area contributed by atoms with Crippen molar-refractivity contribution < 1.29 is 4.79 Å². The Morgan fingerprint density at radius 2 is 2.39 bits per heavy atom. The maximum Gasteiger partial charge on any atom is 0.217 e. The molecule has 1 heterocycles. The number of nitrogens with two attached hydrogens (primary N) is 1. The Balaban J connectivity index is 2.07. The van der Waals surface area contributed by atoms with Crippen molar-refractivity contribution in [3.63, 3.8) is 0 Å². The van der Waals surface area contributed by atoms with Gasteiger partial charge in [0.15, 0.2) is 0 Å². The summed E-state index contributed by atoms with van der Waals surface area (Å²) in [6.07, 6.45) is 0.991. The van der Waals surface area contributed by atoms with E-state index in [9.17, 15) is 4.79 Å². The van der Waals surface area contributed by atoms with Gasteiger partial charge in [-0.3, -0.25) is 4.79 Å². The molecule has 1 fully saturated rings. The number of nitrogens with zero attached hydrogens (tertiary/aromatic N) is 1. The van der Waals surface area contributed by atoms with Crippen LogP contribution in [-0.2, 0) is 11.3 Å². The molecule has 1 aliphatic rings. The number of halogens is 1. The lowest BCUT2D eigenvalue weighted by atomic mass is 10.2. The second-order valence-electron chi connectivity index (χ2n) is 4.62. The molecule has 1 aromatic rings. The van der Waals surface area contributed by atoms with E-state index in [0.717, 1.165) is 29.5 Å². The van der Waals surface area contributed by atoms with E-state index < -0.39 is 0 Å². The van der Waals surface area contributed by atoms with E-state index in [1.165, 1.54) is 5.69 Å². The Morgan fingerprint density at radius 1 is 1.61 bits per heavy atom. The average Bonchev–Trinajstić information content (AvgIpc) is 2.76. The highest BCUT2D eigenvalue weighted by molar-refractivity contribution is 9.10. The molecule has 0 bridgehead atoms. The molecule has 1 aromatic carbocycles. The first-order chi connectivity index (χ1) is 8.60. The van der Waals surface area contributed by atoms with Crippen LogP contribution in [0.5, 0.6) is 0 Å². The van der Waals surface area contributed by atoms with Crippen LogP contribution in [0.1, 0.15) is 18.9 Å². The average molecular weight is 312 g/mol. The number of benzene rings is 1. The fourth-order valence-corrected chi connectivity index (χ4v) is 3.00. The van der Waals surface area contributed by atoms with Gasteiger partial charge in [0.05, 0.1) is 5.69 Å². The normalized spacial score (nSPS) is 19.1. The second-order valence-corrected chi connectivity index (χ2v) is 5.48. The van der Waals surface area contributed by atoms with Gasteiger partial charge in [0.2, 0.25) is 5.91 Å². The minimum atomic E-state index is 0.0411. The topological polar surface area (TPSA) is 58.4 Å². The van der Waals surface area contributed by atoms with E-state index in [-0.39, 0.29) is 11.9 Å². The first kappa shape index (κ1) is 13.4. The zero-order chi connectivity index (χ0) is 13.1. The van der Waals surface area contributed by atoms with Crippen LogP contribution in [0, 0.1) is 0 Å². The molecular formula is C13H18BrN3O. The summed E-state index contributed by atoms with van der Waals surface area (Å²) in [5, 5.41) is 2.97. The van der Waals surface area contributed by atoms with Gasteiger partial charge in [-0.15, -0.1) is 0 Å². The van der Waals surface area contributed by atoms with Crippen LogP contribution < -0.4 is 16.0 Å². The number of carbonyl (C=O) groups is 1. The van der Waals surface area contributed by atoms with Crippen molar-refractivity contribution in [1.29, 1.82) is 0 Å². The van der Waals surface area contributed by atoms with Crippen LogP contribution in [-0.4, -0.2) is 25.0 Å². The summed E-state index contributed by atoms with van der Waals surface area (Å²) in [4.78, 5) is 13.3. The zero-order valence-electron chi connectivity index (χ0n) is 10.4. The van der Waals surface area contributed by atoms with Gasteiger partial charge < -0.3 is 16.0 Å². The van der Waals surface area contributed by atoms with E-state index >= 15 is 0 Å². The van der Waals surface area contributed by atoms with E-state index in [4.69, 9.17) is 5.73 Å². The van der Waals surface area contributed by atoms with Gasteiger partial charge in [-0.25, -0.2) is 0 Å². The summed E-state index contributed by atoms with van der Waals surface area (Å²) in [5.74, 6) is 0.0411. The highest BCUT2D eigenvalue weighted by Crippen LogP contribution is 2.29. The molecule has 1 amide bonds. The van der Waals surface area contributed by atoms with Crippen LogP contribution >= 0.6 is 15.9 Å². The van der Waals surface area contributed by atoms with Crippen LogP contribution in [0.15, 0.2) is 22.7 Å². The fourth-order valence-electron chi connectivity index (χ4n) is 2.32. The van der Waals surface area contributed by atoms with Crippen molar-refractivity contribution in [2.45, 2.75) is 25.9 Å². The molecule has 5 heteroatoms. The van der Waals surface area contributed by atoms with Crippen LogP contribution in [0.25, 0.3) is 0 Å². The lowest BCUT2D eigenvalue weighted by Gasteiger charge is -2.20. The first-order valence-corrected chi connectivity index (χ1v) is 6.90. The lowest BCUT2D eigenvalue weighted by molar-refractivity contribution is -0.119. The number of amides is 1. The molecule has 2 rings (SSSR count). The Labute approximate surface area is 116 Å². The number of hydrogen-bond donors (Lipinski definition) is 2. The van der Waals surface area contributed by atoms with Gasteiger partial charge in [-0.05, 0) is 40.0 Å². The Bertz CT molecular complexity index is 450. The largest absolute Gasteiger partial charge is 0.368 e. The molecule has 0 spiro atoms. The van der Waals surface area contributed by atoms with Gasteiger partial charge in [-0.1, -0.05) is 6.07 Å². The second kappa shape index (κ2) is 5.71. The highest BCUT2D eigenvalue weighted by Gasteiger charge is 2.24. The van der Waals surface area contributed by atoms with E-state index in [2.05, 4.69) is 38.3 Å². The van der Waals surface area contributed by atoms with Crippen LogP contribution in [0.2, 0.25) is 0 Å². The van der Waals surface area contributed by atoms with Crippen LogP contribution in [0.4, 0.5) is 5.69 Å². The lowest BCUT2D eigenvalue weighted by Crippen LogP contribution is -2.35. The van der Waals surface area contributed by atoms with Gasteiger partial charge >= 0.3 is 0 Å². The SMILES string of the molecule is CC(=O)NC1CCN(c2ccc(CN)cc2Br)C1. The van der Waals surface area contributed by atoms with E-state index in [0.29, 0.717) is 6.54 Å². The molecule has 0 saturated carbocycles. The maximum absolute atomic E-state index is 11.0. The molecule has 1 unspecified atom stereocenters. The number of rotatable bonds is 3. The number of hydrogen-bond acceptors (Lipinski definition) is 3. The maximum atomic E-state index is 11.0. The molecular weight excluding hydrogens is 294 g/mol. The predicted octanol–water partition coefficient (Wildman–Crippen LogP) is 1.62. The molecule has 3 N–H and O–H groups in total. The number of carbonyl (C=O) groups excluding carboxylic acids is 1. The minimum Gasteiger partial charge on any atom is -0.368 e. The monoisotopic (exact) mass is 311 g/mol. The minimum absolute atomic E-state index is 0.0411. The first-order valence-electron chi connectivity index (χ1n) is 6.10. The molecule has 98 valence electrons. The predicted molar refractivity (Wildman–Crippen MR) is 76.5 cm³/mol. The molecule has 18 heavy (non-hydrogen) atoms. The Morgan fingerprint density at radius 3 is 3.00 bits per heavy atom. The molecule has 4 nitrogen and oxygen atoms in total. The van der Waals surface area contributed by atoms with Gasteiger partial charge in [0.1, 0.15) is 0 Å². The van der Waals surface area contributed by atoms with Crippen molar-refractivity contribution in [3.8, 4) is 0 Å². The van der Waals surface area contributed by atoms with Gasteiger partial charge in [0.25, 0.3) is 0 Å². The third-order valence-electron chi connectivity index (χ3n) is 3.18. The van der Waals surface area contributed by atoms with E-state index in [1.54, 1.807) is 6.92 Å². The summed E-state index contributed by atoms with van der Waals surface area (Å²) in [7, 11) is 0. The van der Waals surface area contributed by atoms with Gasteiger partial charge in [0, 0.05) is 37.1 Å². The summed E-state index contributed by atoms with van der Waals surface area (Å²) in [6.45, 7) is 3.94. The molecule has 1 atom stereocenters. The summed E-state index contributed by atoms with van der Waals surface area (Å²) < 4.78 is 1.06. The molecule has 0 radical (unpaired) electrons. The Hall–Kier alpha value is -1.07. The zero-order valence-corrected chi connectivity index (χ0v) is 12.0. The van der Waals surface area contributed by atoms with Crippen molar-refractivity contribution in [2.24, 2.45) is 5.73 Å². The standard InChI is InChI=1S/C13H18BrN3O/c1-9(18)16-11-4-5-17(8-11)13-3-2-10(7-15)6-12(13)14/h2-3,6,11H,4-5,7-8,15H2,1H3,(H,16,18). The quantitative estimate of drug-likeness (QED) is 0.892. The van der Waals surface area contributed by atoms with Crippen molar-refractivity contribution in [1.82, 2.24) is 5.32 Å². The van der Waals surface area contributed by atoms with Crippen molar-refractivity contribution >= 4 is 27.5 Å². The van der Waals surface area contributed by atoms with Crippen LogP contribution in [0.3, 0.4) is 0 Å². The number of anilines is 1. The van der Waals surface area contributed by atoms with E-state index in [1.807, 2.05) is 6.07 Å². The smallest absolute Gasteiger partial charge is 0.217 e. The van der Waals surface area contributed by atoms with Crippen molar-refractivity contribution in [3.05, 3.63) is 28.2 Å². The molecule has 0 aromatic heterocycles. The third kappa shape index (κ3) is 3.03. The summed E-state index contributed by atoms with van der Waals surface area (Å²) >= 11 is 3.58. The Kier molecular flexibility index (Phi) is 4.24. The fraction of sp³-hybridized carbons (Fsp3) is 0.462. The number of nitrogens with one attached hydrogen (secondary N) is 1. The summed E-state index contributed by atoms with van der Waals surface area (Å²) in [5.41, 5.74) is 7.90. The third-order valence-corrected chi connectivity index (χ3v) is 3.82.